The lowest BCUT2D eigenvalue weighted by molar-refractivity contribution is -0.134. The maximum atomic E-state index is 12.3. The first-order valence-corrected chi connectivity index (χ1v) is 7.56. The molecule has 21 heavy (non-hydrogen) atoms. The summed E-state index contributed by atoms with van der Waals surface area (Å²) in [6.45, 7) is 5.73. The average Bonchev–Trinajstić information content (AvgIpc) is 2.91. The Morgan fingerprint density at radius 3 is 2.57 bits per heavy atom. The van der Waals surface area contributed by atoms with Crippen LogP contribution in [-0.4, -0.2) is 39.7 Å². The minimum Gasteiger partial charge on any atom is -0.341 e. The van der Waals surface area contributed by atoms with Gasteiger partial charge >= 0.3 is 0 Å². The summed E-state index contributed by atoms with van der Waals surface area (Å²) < 4.78 is 1.94. The van der Waals surface area contributed by atoms with E-state index in [0.29, 0.717) is 5.92 Å². The Hall–Kier alpha value is -1.07. The fourth-order valence-corrected chi connectivity index (χ4v) is 2.89. The molecule has 120 valence electrons. The van der Waals surface area contributed by atoms with Crippen LogP contribution < -0.4 is 5.73 Å². The molecule has 1 aromatic rings. The molecule has 2 atom stereocenters. The molecule has 1 fully saturated rings. The number of amides is 1. The van der Waals surface area contributed by atoms with Gasteiger partial charge in [-0.2, -0.15) is 5.10 Å². The van der Waals surface area contributed by atoms with Crippen LogP contribution in [0.5, 0.6) is 0 Å². The zero-order chi connectivity index (χ0) is 14.7. The number of halogens is 1. The number of piperidine rings is 1. The van der Waals surface area contributed by atoms with Crippen LogP contribution in [0.1, 0.15) is 44.7 Å². The summed E-state index contributed by atoms with van der Waals surface area (Å²) in [5.41, 5.74) is 7.32. The van der Waals surface area contributed by atoms with E-state index in [-0.39, 0.29) is 30.3 Å². The first kappa shape index (κ1) is 18.0. The highest BCUT2D eigenvalue weighted by Crippen LogP contribution is 2.27. The summed E-state index contributed by atoms with van der Waals surface area (Å²) in [4.78, 5) is 14.3. The highest BCUT2D eigenvalue weighted by atomic mass is 35.5. The number of carbonyl (C=O) groups excluding carboxylic acids is 1. The fourth-order valence-electron chi connectivity index (χ4n) is 2.89. The van der Waals surface area contributed by atoms with Crippen molar-refractivity contribution in [1.29, 1.82) is 0 Å². The van der Waals surface area contributed by atoms with Crippen LogP contribution in [0.2, 0.25) is 0 Å². The zero-order valence-corrected chi connectivity index (χ0v) is 14.0. The van der Waals surface area contributed by atoms with Gasteiger partial charge in [-0.3, -0.25) is 9.48 Å². The van der Waals surface area contributed by atoms with Gasteiger partial charge in [-0.25, -0.2) is 0 Å². The zero-order valence-electron chi connectivity index (χ0n) is 13.2. The van der Waals surface area contributed by atoms with Gasteiger partial charge in [0.15, 0.2) is 0 Å². The number of nitrogens with zero attached hydrogens (tertiary/aromatic N) is 3. The van der Waals surface area contributed by atoms with E-state index in [4.69, 9.17) is 5.73 Å². The van der Waals surface area contributed by atoms with Crippen molar-refractivity contribution in [2.45, 2.75) is 45.1 Å². The minimum absolute atomic E-state index is 0. The summed E-state index contributed by atoms with van der Waals surface area (Å²) >= 11 is 0. The number of carbonyl (C=O) groups is 1. The van der Waals surface area contributed by atoms with Crippen LogP contribution >= 0.6 is 12.4 Å². The summed E-state index contributed by atoms with van der Waals surface area (Å²) in [5.74, 6) is 0.867. The molecule has 2 heterocycles. The number of hydrogen-bond donors (Lipinski definition) is 1. The molecular formula is C15H27ClN4O. The lowest BCUT2D eigenvalue weighted by Gasteiger charge is -2.34. The number of likely N-dealkylation sites (tertiary alicyclic amines) is 1. The van der Waals surface area contributed by atoms with Crippen molar-refractivity contribution in [3.63, 3.8) is 0 Å². The molecule has 2 N–H and O–H groups in total. The molecule has 0 radical (unpaired) electrons. The van der Waals surface area contributed by atoms with E-state index >= 15 is 0 Å². The summed E-state index contributed by atoms with van der Waals surface area (Å²) in [6, 6.07) is 1.72. The third kappa shape index (κ3) is 3.98. The Balaban J connectivity index is 0.00000220. The van der Waals surface area contributed by atoms with Gasteiger partial charge in [0.05, 0.1) is 6.04 Å². The monoisotopic (exact) mass is 314 g/mol. The Morgan fingerprint density at radius 2 is 2.10 bits per heavy atom. The van der Waals surface area contributed by atoms with Gasteiger partial charge in [-0.15, -0.1) is 12.4 Å². The predicted molar refractivity (Wildman–Crippen MR) is 86.4 cm³/mol. The molecule has 0 aliphatic carbocycles. The standard InChI is InChI=1S/C15H26N4O.ClH/c1-4-11(2)14(16)15(20)19-9-6-12(7-10-19)13-5-8-17-18(13)3;/h5,8,11-12,14H,4,6-7,9-10,16H2,1-3H3;1H. The molecule has 0 bridgehead atoms. The Bertz CT molecular complexity index is 454. The van der Waals surface area contributed by atoms with Gasteiger partial charge in [-0.1, -0.05) is 20.3 Å². The van der Waals surface area contributed by atoms with Gasteiger partial charge in [0, 0.05) is 37.9 Å². The molecule has 1 saturated heterocycles. The molecule has 1 aliphatic rings. The maximum Gasteiger partial charge on any atom is 0.239 e. The van der Waals surface area contributed by atoms with Gasteiger partial charge < -0.3 is 10.6 Å². The molecule has 2 rings (SSSR count). The molecule has 1 aromatic heterocycles. The van der Waals surface area contributed by atoms with E-state index < -0.39 is 0 Å². The van der Waals surface area contributed by atoms with Gasteiger partial charge in [-0.05, 0) is 24.8 Å². The average molecular weight is 315 g/mol. The maximum absolute atomic E-state index is 12.3. The summed E-state index contributed by atoms with van der Waals surface area (Å²) in [7, 11) is 1.98. The molecule has 1 aliphatic heterocycles. The van der Waals surface area contributed by atoms with Crippen molar-refractivity contribution in [3.05, 3.63) is 18.0 Å². The lowest BCUT2D eigenvalue weighted by atomic mass is 9.92. The van der Waals surface area contributed by atoms with Gasteiger partial charge in [0.1, 0.15) is 0 Å². The molecule has 1 amide bonds. The van der Waals surface area contributed by atoms with Crippen LogP contribution in [0.25, 0.3) is 0 Å². The van der Waals surface area contributed by atoms with E-state index in [9.17, 15) is 4.79 Å². The molecule has 0 aromatic carbocycles. The van der Waals surface area contributed by atoms with Gasteiger partial charge in [0.25, 0.3) is 0 Å². The van der Waals surface area contributed by atoms with Crippen molar-refractivity contribution < 1.29 is 4.79 Å². The number of aromatic nitrogens is 2. The molecule has 6 heteroatoms. The fraction of sp³-hybridized carbons (Fsp3) is 0.733. The first-order chi connectivity index (χ1) is 9.54. The van der Waals surface area contributed by atoms with Crippen molar-refractivity contribution >= 4 is 18.3 Å². The van der Waals surface area contributed by atoms with Crippen molar-refractivity contribution in [1.82, 2.24) is 14.7 Å². The second-order valence-electron chi connectivity index (χ2n) is 5.89. The Kier molecular flexibility index (Phi) is 6.68. The number of aryl methyl sites for hydroxylation is 1. The normalized spacial score (nSPS) is 19.0. The first-order valence-electron chi connectivity index (χ1n) is 7.56. The van der Waals surface area contributed by atoms with Crippen molar-refractivity contribution in [2.75, 3.05) is 13.1 Å². The summed E-state index contributed by atoms with van der Waals surface area (Å²) in [5, 5.41) is 4.22. The SMILES string of the molecule is CCC(C)C(N)C(=O)N1CCC(c2ccnn2C)CC1.Cl. The second kappa shape index (κ2) is 7.80. The molecule has 0 spiro atoms. The van der Waals surface area contributed by atoms with E-state index in [0.717, 1.165) is 32.4 Å². The van der Waals surface area contributed by atoms with Crippen LogP contribution in [-0.2, 0) is 11.8 Å². The van der Waals surface area contributed by atoms with E-state index in [1.807, 2.05) is 29.7 Å². The third-order valence-electron chi connectivity index (χ3n) is 4.63. The Labute approximate surface area is 133 Å². The highest BCUT2D eigenvalue weighted by molar-refractivity contribution is 5.85. The lowest BCUT2D eigenvalue weighted by Crippen LogP contribution is -2.49. The summed E-state index contributed by atoms with van der Waals surface area (Å²) in [6.07, 6.45) is 4.78. The van der Waals surface area contributed by atoms with Crippen LogP contribution in [0.4, 0.5) is 0 Å². The highest BCUT2D eigenvalue weighted by Gasteiger charge is 2.29. The van der Waals surface area contributed by atoms with Gasteiger partial charge in [0.2, 0.25) is 5.91 Å². The van der Waals surface area contributed by atoms with E-state index in [2.05, 4.69) is 18.1 Å². The topological polar surface area (TPSA) is 64.2 Å². The van der Waals surface area contributed by atoms with E-state index in [1.54, 1.807) is 0 Å². The predicted octanol–water partition coefficient (Wildman–Crippen LogP) is 1.92. The van der Waals surface area contributed by atoms with Crippen molar-refractivity contribution in [2.24, 2.45) is 18.7 Å². The smallest absolute Gasteiger partial charge is 0.239 e. The number of nitrogens with two attached hydrogens (primary N) is 1. The second-order valence-corrected chi connectivity index (χ2v) is 5.89. The minimum atomic E-state index is -0.353. The third-order valence-corrected chi connectivity index (χ3v) is 4.63. The number of hydrogen-bond acceptors (Lipinski definition) is 3. The molecular weight excluding hydrogens is 288 g/mol. The van der Waals surface area contributed by atoms with Crippen LogP contribution in [0.3, 0.4) is 0 Å². The van der Waals surface area contributed by atoms with Crippen LogP contribution in [0.15, 0.2) is 12.3 Å². The molecule has 2 unspecified atom stereocenters. The largest absolute Gasteiger partial charge is 0.341 e. The Morgan fingerprint density at radius 1 is 1.48 bits per heavy atom. The van der Waals surface area contributed by atoms with E-state index in [1.165, 1.54) is 5.69 Å². The molecule has 5 nitrogen and oxygen atoms in total. The number of rotatable bonds is 4. The quantitative estimate of drug-likeness (QED) is 0.923. The van der Waals surface area contributed by atoms with Crippen LogP contribution in [0, 0.1) is 5.92 Å². The van der Waals surface area contributed by atoms with Crippen molar-refractivity contribution in [3.8, 4) is 0 Å². The molecule has 0 saturated carbocycles.